The molecule has 2 aromatic rings. The monoisotopic (exact) mass is 424 g/mol. The largest absolute Gasteiger partial charge is 0.497 e. The van der Waals surface area contributed by atoms with Crippen LogP contribution in [-0.4, -0.2) is 43.7 Å². The first-order valence-corrected chi connectivity index (χ1v) is 10.5. The molecule has 0 aromatic heterocycles. The van der Waals surface area contributed by atoms with Gasteiger partial charge in [0.2, 0.25) is 18.6 Å². The van der Waals surface area contributed by atoms with Crippen molar-refractivity contribution in [1.82, 2.24) is 10.2 Å². The molecule has 4 rings (SSSR count). The number of benzene rings is 2. The maximum atomic E-state index is 13.2. The van der Waals surface area contributed by atoms with Crippen LogP contribution in [0.3, 0.4) is 0 Å². The van der Waals surface area contributed by atoms with Gasteiger partial charge in [-0.05, 0) is 35.4 Å². The van der Waals surface area contributed by atoms with Crippen LogP contribution < -0.4 is 19.5 Å². The Morgan fingerprint density at radius 3 is 2.71 bits per heavy atom. The first-order chi connectivity index (χ1) is 15.0. The minimum atomic E-state index is -0.330. The van der Waals surface area contributed by atoms with Crippen LogP contribution in [0.2, 0.25) is 0 Å². The van der Waals surface area contributed by atoms with E-state index in [4.69, 9.17) is 14.2 Å². The Morgan fingerprint density at radius 1 is 1.13 bits per heavy atom. The zero-order valence-corrected chi connectivity index (χ0v) is 18.1. The number of nitrogens with one attached hydrogen (secondary N) is 1. The predicted molar refractivity (Wildman–Crippen MR) is 115 cm³/mol. The first-order valence-electron chi connectivity index (χ1n) is 10.5. The van der Waals surface area contributed by atoms with E-state index >= 15 is 0 Å². The summed E-state index contributed by atoms with van der Waals surface area (Å²) >= 11 is 0. The Bertz CT molecular complexity index is 974. The van der Waals surface area contributed by atoms with E-state index in [0.717, 1.165) is 16.9 Å². The van der Waals surface area contributed by atoms with Crippen LogP contribution in [0.1, 0.15) is 30.9 Å². The van der Waals surface area contributed by atoms with Gasteiger partial charge in [-0.15, -0.1) is 0 Å². The highest BCUT2D eigenvalue weighted by Crippen LogP contribution is 2.36. The van der Waals surface area contributed by atoms with Crippen molar-refractivity contribution >= 4 is 11.8 Å². The summed E-state index contributed by atoms with van der Waals surface area (Å²) in [5, 5.41) is 3.04. The van der Waals surface area contributed by atoms with Gasteiger partial charge in [-0.2, -0.15) is 0 Å². The molecule has 2 amide bonds. The fourth-order valence-electron chi connectivity index (χ4n) is 4.20. The van der Waals surface area contributed by atoms with E-state index in [1.807, 2.05) is 56.3 Å². The predicted octanol–water partition coefficient (Wildman–Crippen LogP) is 2.94. The van der Waals surface area contributed by atoms with Gasteiger partial charge in [0.25, 0.3) is 0 Å². The van der Waals surface area contributed by atoms with Crippen molar-refractivity contribution in [2.75, 3.05) is 27.0 Å². The van der Waals surface area contributed by atoms with Crippen LogP contribution in [0.25, 0.3) is 0 Å². The lowest BCUT2D eigenvalue weighted by molar-refractivity contribution is -0.133. The van der Waals surface area contributed by atoms with Gasteiger partial charge in [-0.25, -0.2) is 0 Å². The minimum absolute atomic E-state index is 0.0652. The van der Waals surface area contributed by atoms with E-state index in [-0.39, 0.29) is 36.4 Å². The third-order valence-electron chi connectivity index (χ3n) is 5.89. The maximum Gasteiger partial charge on any atom is 0.231 e. The lowest BCUT2D eigenvalue weighted by atomic mass is 9.88. The van der Waals surface area contributed by atoms with Gasteiger partial charge in [0, 0.05) is 31.5 Å². The number of carbonyl (C=O) groups excluding carboxylic acids is 2. The van der Waals surface area contributed by atoms with Gasteiger partial charge in [0.1, 0.15) is 5.75 Å². The molecule has 0 bridgehead atoms. The number of rotatable bonds is 6. The van der Waals surface area contributed by atoms with Crippen LogP contribution >= 0.6 is 0 Å². The van der Waals surface area contributed by atoms with Gasteiger partial charge >= 0.3 is 0 Å². The molecule has 2 heterocycles. The number of amides is 2. The SMILES string of the molecule is COc1cccc(C2CN(C(=O)C(C)C)CC2C(=O)NCc2ccc3c(c2)OCO3)c1. The Balaban J connectivity index is 1.50. The Kier molecular flexibility index (Phi) is 6.02. The summed E-state index contributed by atoms with van der Waals surface area (Å²) in [6.45, 7) is 5.30. The molecule has 2 aromatic carbocycles. The van der Waals surface area contributed by atoms with Crippen LogP contribution in [0.4, 0.5) is 0 Å². The second-order valence-corrected chi connectivity index (χ2v) is 8.29. The molecule has 2 aliphatic heterocycles. The number of carbonyl (C=O) groups is 2. The topological polar surface area (TPSA) is 77.1 Å². The van der Waals surface area contributed by atoms with Crippen molar-refractivity contribution in [2.45, 2.75) is 26.3 Å². The summed E-state index contributed by atoms with van der Waals surface area (Å²) < 4.78 is 16.1. The van der Waals surface area contributed by atoms with Crippen molar-refractivity contribution in [1.29, 1.82) is 0 Å². The summed E-state index contributed by atoms with van der Waals surface area (Å²) in [5.41, 5.74) is 1.94. The second-order valence-electron chi connectivity index (χ2n) is 8.29. The maximum absolute atomic E-state index is 13.2. The van der Waals surface area contributed by atoms with Crippen LogP contribution in [0.5, 0.6) is 17.2 Å². The smallest absolute Gasteiger partial charge is 0.231 e. The van der Waals surface area contributed by atoms with Gasteiger partial charge in [-0.3, -0.25) is 9.59 Å². The molecule has 1 saturated heterocycles. The molecule has 1 N–H and O–H groups in total. The highest BCUT2D eigenvalue weighted by atomic mass is 16.7. The van der Waals surface area contributed by atoms with E-state index in [2.05, 4.69) is 5.32 Å². The van der Waals surface area contributed by atoms with Crippen molar-refractivity contribution in [3.63, 3.8) is 0 Å². The van der Waals surface area contributed by atoms with Gasteiger partial charge in [0.05, 0.1) is 13.0 Å². The molecule has 0 saturated carbocycles. The van der Waals surface area contributed by atoms with E-state index in [9.17, 15) is 9.59 Å². The molecule has 0 radical (unpaired) electrons. The number of hydrogen-bond acceptors (Lipinski definition) is 5. The zero-order valence-electron chi connectivity index (χ0n) is 18.1. The standard InChI is InChI=1S/C24H28N2O5/c1-15(2)24(28)26-12-19(17-5-4-6-18(10-17)29-3)20(13-26)23(27)25-11-16-7-8-21-22(9-16)31-14-30-21/h4-10,15,19-20H,11-14H2,1-3H3,(H,25,27). The van der Waals surface area contributed by atoms with E-state index < -0.39 is 0 Å². The van der Waals surface area contributed by atoms with Crippen molar-refractivity contribution in [3.8, 4) is 17.2 Å². The normalized spacial score (nSPS) is 19.5. The highest BCUT2D eigenvalue weighted by molar-refractivity contribution is 5.84. The molecule has 1 fully saturated rings. The lowest BCUT2D eigenvalue weighted by Crippen LogP contribution is -2.36. The van der Waals surface area contributed by atoms with Gasteiger partial charge in [-0.1, -0.05) is 32.0 Å². The van der Waals surface area contributed by atoms with E-state index in [1.165, 1.54) is 0 Å². The quantitative estimate of drug-likeness (QED) is 0.772. The van der Waals surface area contributed by atoms with Crippen molar-refractivity contribution < 1.29 is 23.8 Å². The first kappa shape index (κ1) is 21.0. The second kappa shape index (κ2) is 8.88. The number of ether oxygens (including phenoxy) is 3. The lowest BCUT2D eigenvalue weighted by Gasteiger charge is -2.19. The molecule has 7 heteroatoms. The van der Waals surface area contributed by atoms with Gasteiger partial charge in [0.15, 0.2) is 11.5 Å². The van der Waals surface area contributed by atoms with E-state index in [0.29, 0.717) is 31.1 Å². The fraction of sp³-hybridized carbons (Fsp3) is 0.417. The van der Waals surface area contributed by atoms with Crippen LogP contribution in [-0.2, 0) is 16.1 Å². The Morgan fingerprint density at radius 2 is 1.94 bits per heavy atom. The molecular formula is C24H28N2O5. The van der Waals surface area contributed by atoms with Crippen molar-refractivity contribution in [3.05, 3.63) is 53.6 Å². The number of nitrogens with zero attached hydrogens (tertiary/aromatic N) is 1. The minimum Gasteiger partial charge on any atom is -0.497 e. The molecule has 31 heavy (non-hydrogen) atoms. The summed E-state index contributed by atoms with van der Waals surface area (Å²) in [7, 11) is 1.62. The average molecular weight is 424 g/mol. The third kappa shape index (κ3) is 4.45. The zero-order chi connectivity index (χ0) is 22.0. The molecule has 0 spiro atoms. The summed E-state index contributed by atoms with van der Waals surface area (Å²) in [4.78, 5) is 27.6. The third-order valence-corrected chi connectivity index (χ3v) is 5.89. The number of fused-ring (bicyclic) bond motifs is 1. The average Bonchev–Trinajstić information content (AvgIpc) is 3.43. The number of likely N-dealkylation sites (tertiary alicyclic amines) is 1. The van der Waals surface area contributed by atoms with Gasteiger partial charge < -0.3 is 24.4 Å². The van der Waals surface area contributed by atoms with Crippen LogP contribution in [0.15, 0.2) is 42.5 Å². The summed E-state index contributed by atoms with van der Waals surface area (Å²) in [5.74, 6) is 1.62. The Labute approximate surface area is 182 Å². The molecule has 2 aliphatic rings. The summed E-state index contributed by atoms with van der Waals surface area (Å²) in [6, 6.07) is 13.4. The number of hydrogen-bond donors (Lipinski definition) is 1. The fourth-order valence-corrected chi connectivity index (χ4v) is 4.20. The number of methoxy groups -OCH3 is 1. The molecular weight excluding hydrogens is 396 g/mol. The molecule has 2 atom stereocenters. The Hall–Kier alpha value is -3.22. The molecule has 164 valence electrons. The van der Waals surface area contributed by atoms with Crippen molar-refractivity contribution in [2.24, 2.45) is 11.8 Å². The molecule has 2 unspecified atom stereocenters. The highest BCUT2D eigenvalue weighted by Gasteiger charge is 2.40. The van der Waals surface area contributed by atoms with Crippen LogP contribution in [0, 0.1) is 11.8 Å². The van der Waals surface area contributed by atoms with E-state index in [1.54, 1.807) is 12.0 Å². The molecule has 7 nitrogen and oxygen atoms in total. The molecule has 0 aliphatic carbocycles. The summed E-state index contributed by atoms with van der Waals surface area (Å²) in [6.07, 6.45) is 0.